The molecule has 1 aliphatic rings. The summed E-state index contributed by atoms with van der Waals surface area (Å²) in [4.78, 5) is 22.7. The number of rotatable bonds is 5. The van der Waals surface area contributed by atoms with Gasteiger partial charge in [-0.2, -0.15) is 0 Å². The lowest BCUT2D eigenvalue weighted by molar-refractivity contribution is -0.145. The summed E-state index contributed by atoms with van der Waals surface area (Å²) >= 11 is 0. The standard InChI is InChI=1S/C15H18O4/c1-14(2)12(9-16)15(14,13(17)18)8-10-4-6-11(19-3)7-5-10/h4-7,9,12H,8H2,1-3H3,(H,17,18). The van der Waals surface area contributed by atoms with Crippen LogP contribution in [0.3, 0.4) is 0 Å². The first-order chi connectivity index (χ1) is 8.90. The number of methoxy groups -OCH3 is 1. The van der Waals surface area contributed by atoms with Crippen molar-refractivity contribution in [1.82, 2.24) is 0 Å². The normalized spacial score (nSPS) is 27.6. The van der Waals surface area contributed by atoms with Crippen molar-refractivity contribution in [2.45, 2.75) is 20.3 Å². The van der Waals surface area contributed by atoms with Crippen molar-refractivity contribution in [3.63, 3.8) is 0 Å². The molecule has 0 amide bonds. The smallest absolute Gasteiger partial charge is 0.311 e. The SMILES string of the molecule is COc1ccc(CC2(C(=O)O)C(C=O)C2(C)C)cc1. The topological polar surface area (TPSA) is 63.6 Å². The molecule has 102 valence electrons. The molecule has 0 saturated heterocycles. The van der Waals surface area contributed by atoms with E-state index in [2.05, 4.69) is 0 Å². The zero-order valence-corrected chi connectivity index (χ0v) is 11.3. The molecule has 19 heavy (non-hydrogen) atoms. The second kappa shape index (κ2) is 4.37. The number of hydrogen-bond acceptors (Lipinski definition) is 3. The van der Waals surface area contributed by atoms with E-state index in [0.717, 1.165) is 17.6 Å². The maximum Gasteiger partial charge on any atom is 0.311 e. The molecule has 2 rings (SSSR count). The lowest BCUT2D eigenvalue weighted by atomic mass is 9.88. The van der Waals surface area contributed by atoms with E-state index in [0.29, 0.717) is 6.42 Å². The molecule has 0 radical (unpaired) electrons. The van der Waals surface area contributed by atoms with Crippen molar-refractivity contribution in [3.05, 3.63) is 29.8 Å². The number of carboxylic acid groups (broad SMARTS) is 1. The van der Waals surface area contributed by atoms with E-state index in [1.807, 2.05) is 26.0 Å². The minimum atomic E-state index is -0.983. The molecule has 2 atom stereocenters. The molecule has 4 heteroatoms. The lowest BCUT2D eigenvalue weighted by Gasteiger charge is -2.15. The molecule has 1 N–H and O–H groups in total. The maximum absolute atomic E-state index is 11.6. The average Bonchev–Trinajstić information content (AvgIpc) is 2.86. The molecule has 0 aromatic heterocycles. The van der Waals surface area contributed by atoms with Gasteiger partial charge in [0.05, 0.1) is 12.5 Å². The summed E-state index contributed by atoms with van der Waals surface area (Å²) < 4.78 is 5.07. The zero-order valence-electron chi connectivity index (χ0n) is 11.3. The van der Waals surface area contributed by atoms with Crippen LogP contribution in [0.5, 0.6) is 5.75 Å². The van der Waals surface area contributed by atoms with Gasteiger partial charge in [-0.25, -0.2) is 0 Å². The molecule has 1 fully saturated rings. The number of ether oxygens (including phenoxy) is 1. The first kappa shape index (κ1) is 13.6. The Morgan fingerprint density at radius 3 is 2.32 bits per heavy atom. The van der Waals surface area contributed by atoms with Crippen LogP contribution >= 0.6 is 0 Å². The molecule has 0 bridgehead atoms. The Kier molecular flexibility index (Phi) is 3.12. The van der Waals surface area contributed by atoms with Gasteiger partial charge < -0.3 is 14.6 Å². The minimum absolute atomic E-state index is 0.364. The molecular formula is C15H18O4. The van der Waals surface area contributed by atoms with Crippen LogP contribution in [0.2, 0.25) is 0 Å². The molecule has 4 nitrogen and oxygen atoms in total. The van der Waals surface area contributed by atoms with E-state index in [9.17, 15) is 14.7 Å². The largest absolute Gasteiger partial charge is 0.497 e. The molecule has 0 heterocycles. The maximum atomic E-state index is 11.6. The molecule has 2 unspecified atom stereocenters. The van der Waals surface area contributed by atoms with E-state index >= 15 is 0 Å². The van der Waals surface area contributed by atoms with Crippen molar-refractivity contribution >= 4 is 12.3 Å². The van der Waals surface area contributed by atoms with Crippen molar-refractivity contribution in [1.29, 1.82) is 0 Å². The second-order valence-corrected chi connectivity index (χ2v) is 5.64. The van der Waals surface area contributed by atoms with E-state index < -0.39 is 22.7 Å². The first-order valence-electron chi connectivity index (χ1n) is 6.21. The highest BCUT2D eigenvalue weighted by atomic mass is 16.5. The Labute approximate surface area is 112 Å². The third kappa shape index (κ3) is 1.82. The number of carbonyl (C=O) groups is 2. The molecule has 1 aromatic rings. The highest BCUT2D eigenvalue weighted by Gasteiger charge is 2.75. The van der Waals surface area contributed by atoms with Gasteiger partial charge in [-0.15, -0.1) is 0 Å². The Bertz CT molecular complexity index is 503. The predicted molar refractivity (Wildman–Crippen MR) is 70.1 cm³/mol. The van der Waals surface area contributed by atoms with Crippen LogP contribution in [0.15, 0.2) is 24.3 Å². The van der Waals surface area contributed by atoms with Crippen molar-refractivity contribution < 1.29 is 19.4 Å². The minimum Gasteiger partial charge on any atom is -0.497 e. The molecule has 1 aliphatic carbocycles. The Hall–Kier alpha value is -1.84. The predicted octanol–water partition coefficient (Wildman–Crippen LogP) is 2.16. The summed E-state index contributed by atoms with van der Waals surface area (Å²) in [7, 11) is 1.58. The van der Waals surface area contributed by atoms with Crippen LogP contribution in [0, 0.1) is 16.7 Å². The van der Waals surface area contributed by atoms with E-state index in [-0.39, 0.29) is 0 Å². The highest BCUT2D eigenvalue weighted by Crippen LogP contribution is 2.69. The fraction of sp³-hybridized carbons (Fsp3) is 0.467. The van der Waals surface area contributed by atoms with Gasteiger partial charge in [0.2, 0.25) is 0 Å². The summed E-state index contributed by atoms with van der Waals surface area (Å²) in [6.45, 7) is 3.67. The first-order valence-corrected chi connectivity index (χ1v) is 6.21. The van der Waals surface area contributed by atoms with Crippen LogP contribution in [0.1, 0.15) is 19.4 Å². The van der Waals surface area contributed by atoms with Crippen LogP contribution in [0.25, 0.3) is 0 Å². The van der Waals surface area contributed by atoms with Crippen molar-refractivity contribution in [2.24, 2.45) is 16.7 Å². The quantitative estimate of drug-likeness (QED) is 0.826. The second-order valence-electron chi connectivity index (χ2n) is 5.64. The van der Waals surface area contributed by atoms with E-state index in [4.69, 9.17) is 4.74 Å². The third-order valence-electron chi connectivity index (χ3n) is 4.53. The number of benzene rings is 1. The molecular weight excluding hydrogens is 244 g/mol. The fourth-order valence-corrected chi connectivity index (χ4v) is 3.07. The molecule has 0 aliphatic heterocycles. The Balaban J connectivity index is 2.28. The van der Waals surface area contributed by atoms with Gasteiger partial charge in [0, 0.05) is 5.92 Å². The average molecular weight is 262 g/mol. The van der Waals surface area contributed by atoms with Crippen LogP contribution in [-0.4, -0.2) is 24.5 Å². The van der Waals surface area contributed by atoms with Crippen LogP contribution in [-0.2, 0) is 16.0 Å². The number of hydrogen-bond donors (Lipinski definition) is 1. The molecule has 0 spiro atoms. The van der Waals surface area contributed by atoms with Gasteiger partial charge >= 0.3 is 5.97 Å². The Morgan fingerprint density at radius 2 is 1.95 bits per heavy atom. The number of aldehydes is 1. The van der Waals surface area contributed by atoms with E-state index in [1.54, 1.807) is 19.2 Å². The van der Waals surface area contributed by atoms with Crippen LogP contribution in [0.4, 0.5) is 0 Å². The highest BCUT2D eigenvalue weighted by molar-refractivity contribution is 5.88. The molecule has 1 aromatic carbocycles. The summed E-state index contributed by atoms with van der Waals surface area (Å²) in [5, 5.41) is 9.52. The van der Waals surface area contributed by atoms with Gasteiger partial charge in [-0.3, -0.25) is 4.79 Å². The summed E-state index contributed by atoms with van der Waals surface area (Å²) in [6, 6.07) is 7.30. The van der Waals surface area contributed by atoms with Gasteiger partial charge in [0.25, 0.3) is 0 Å². The van der Waals surface area contributed by atoms with Crippen LogP contribution < -0.4 is 4.74 Å². The third-order valence-corrected chi connectivity index (χ3v) is 4.53. The molecule has 1 saturated carbocycles. The number of aliphatic carboxylic acids is 1. The summed E-state index contributed by atoms with van der Waals surface area (Å²) in [6.07, 6.45) is 1.14. The lowest BCUT2D eigenvalue weighted by Crippen LogP contribution is -2.24. The summed E-state index contributed by atoms with van der Waals surface area (Å²) in [5.74, 6) is -0.597. The van der Waals surface area contributed by atoms with Gasteiger partial charge in [0.15, 0.2) is 0 Å². The Morgan fingerprint density at radius 1 is 1.37 bits per heavy atom. The van der Waals surface area contributed by atoms with Crippen molar-refractivity contribution in [3.8, 4) is 5.75 Å². The van der Waals surface area contributed by atoms with Gasteiger partial charge in [-0.1, -0.05) is 26.0 Å². The number of carboxylic acids is 1. The number of carbonyl (C=O) groups excluding carboxylic acids is 1. The van der Waals surface area contributed by atoms with Gasteiger partial charge in [-0.05, 0) is 29.5 Å². The fourth-order valence-electron chi connectivity index (χ4n) is 3.07. The van der Waals surface area contributed by atoms with E-state index in [1.165, 1.54) is 0 Å². The monoisotopic (exact) mass is 262 g/mol. The summed E-state index contributed by atoms with van der Waals surface area (Å²) in [5.41, 5.74) is -0.579. The van der Waals surface area contributed by atoms with Gasteiger partial charge in [0.1, 0.15) is 12.0 Å². The zero-order chi connectivity index (χ0) is 14.3. The van der Waals surface area contributed by atoms with Crippen molar-refractivity contribution in [2.75, 3.05) is 7.11 Å².